The smallest absolute Gasteiger partial charge is 0.234 e. The average Bonchev–Trinajstić information content (AvgIpc) is 2.63. The van der Waals surface area contributed by atoms with Crippen LogP contribution in [0.4, 0.5) is 0 Å². The summed E-state index contributed by atoms with van der Waals surface area (Å²) in [7, 11) is 0. The largest absolute Gasteiger partial charge is 0.494 e. The standard InChI is InChI=1S/C20H29N3O2/c1-2-25-19-8-6-17(7-9-19)4-5-18-10-14-23(15-11-18)16-20(24)22-13-3-12-21/h6-9,18H,2-5,10-11,13-16H2,1H3,(H,22,24). The van der Waals surface area contributed by atoms with Crippen molar-refractivity contribution in [3.05, 3.63) is 29.8 Å². The highest BCUT2D eigenvalue weighted by atomic mass is 16.5. The Kier molecular flexibility index (Phi) is 8.27. The molecule has 0 aromatic heterocycles. The van der Waals surface area contributed by atoms with Crippen LogP contribution in [0.25, 0.3) is 0 Å². The van der Waals surface area contributed by atoms with E-state index < -0.39 is 0 Å². The van der Waals surface area contributed by atoms with Gasteiger partial charge in [0, 0.05) is 6.54 Å². The Hall–Kier alpha value is -2.06. The Morgan fingerprint density at radius 2 is 2.04 bits per heavy atom. The van der Waals surface area contributed by atoms with Crippen LogP contribution in [0.3, 0.4) is 0 Å². The molecule has 1 N–H and O–H groups in total. The molecule has 1 aliphatic rings. The third kappa shape index (κ3) is 7.15. The van der Waals surface area contributed by atoms with Gasteiger partial charge in [0.15, 0.2) is 0 Å². The van der Waals surface area contributed by atoms with Gasteiger partial charge in [-0.15, -0.1) is 0 Å². The lowest BCUT2D eigenvalue weighted by molar-refractivity contribution is -0.122. The Balaban J connectivity index is 1.63. The summed E-state index contributed by atoms with van der Waals surface area (Å²) < 4.78 is 5.48. The molecule has 2 rings (SSSR count). The molecule has 1 aromatic rings. The van der Waals surface area contributed by atoms with E-state index in [1.165, 1.54) is 12.0 Å². The number of amides is 1. The molecule has 5 heteroatoms. The Labute approximate surface area is 151 Å². The second-order valence-electron chi connectivity index (χ2n) is 6.59. The van der Waals surface area contributed by atoms with Crippen molar-refractivity contribution in [2.75, 3.05) is 32.8 Å². The molecule has 5 nitrogen and oxygen atoms in total. The van der Waals surface area contributed by atoms with Gasteiger partial charge in [0.25, 0.3) is 0 Å². The highest BCUT2D eigenvalue weighted by molar-refractivity contribution is 5.78. The van der Waals surface area contributed by atoms with Crippen molar-refractivity contribution in [3.8, 4) is 11.8 Å². The predicted octanol–water partition coefficient (Wildman–Crippen LogP) is 2.76. The summed E-state index contributed by atoms with van der Waals surface area (Å²) >= 11 is 0. The molecule has 0 radical (unpaired) electrons. The van der Waals surface area contributed by atoms with E-state index >= 15 is 0 Å². The summed E-state index contributed by atoms with van der Waals surface area (Å²) in [6.07, 6.45) is 4.99. The number of hydrogen-bond donors (Lipinski definition) is 1. The van der Waals surface area contributed by atoms with E-state index in [9.17, 15) is 4.79 Å². The summed E-state index contributed by atoms with van der Waals surface area (Å²) in [4.78, 5) is 14.0. The second-order valence-corrected chi connectivity index (χ2v) is 6.59. The molecule has 0 atom stereocenters. The van der Waals surface area contributed by atoms with Crippen LogP contribution in [0.2, 0.25) is 0 Å². The molecule has 25 heavy (non-hydrogen) atoms. The fourth-order valence-corrected chi connectivity index (χ4v) is 3.24. The third-order valence-corrected chi connectivity index (χ3v) is 4.71. The molecule has 1 fully saturated rings. The average molecular weight is 343 g/mol. The number of nitriles is 1. The number of nitrogens with one attached hydrogen (secondary N) is 1. The molecule has 136 valence electrons. The molecule has 1 aliphatic heterocycles. The molecule has 0 aliphatic carbocycles. The van der Waals surface area contributed by atoms with E-state index in [2.05, 4.69) is 22.3 Å². The number of aryl methyl sites for hydroxylation is 1. The maximum atomic E-state index is 11.8. The van der Waals surface area contributed by atoms with Gasteiger partial charge in [0.1, 0.15) is 5.75 Å². The van der Waals surface area contributed by atoms with Gasteiger partial charge in [-0.2, -0.15) is 5.26 Å². The number of nitrogens with zero attached hydrogens (tertiary/aromatic N) is 2. The lowest BCUT2D eigenvalue weighted by Gasteiger charge is -2.31. The number of hydrogen-bond acceptors (Lipinski definition) is 4. The number of benzene rings is 1. The monoisotopic (exact) mass is 343 g/mol. The van der Waals surface area contributed by atoms with E-state index in [1.54, 1.807) is 0 Å². The van der Waals surface area contributed by atoms with Gasteiger partial charge in [-0.05, 0) is 69.3 Å². The van der Waals surface area contributed by atoms with Crippen LogP contribution in [0.5, 0.6) is 5.75 Å². The molecular weight excluding hydrogens is 314 g/mol. The maximum Gasteiger partial charge on any atom is 0.234 e. The molecule has 0 saturated carbocycles. The molecular formula is C20H29N3O2. The van der Waals surface area contributed by atoms with Gasteiger partial charge >= 0.3 is 0 Å². The predicted molar refractivity (Wildman–Crippen MR) is 98.3 cm³/mol. The van der Waals surface area contributed by atoms with Crippen LogP contribution in [-0.2, 0) is 11.2 Å². The first-order valence-corrected chi connectivity index (χ1v) is 9.29. The normalized spacial score (nSPS) is 15.5. The molecule has 0 bridgehead atoms. The lowest BCUT2D eigenvalue weighted by Crippen LogP contribution is -2.41. The van der Waals surface area contributed by atoms with Crippen LogP contribution >= 0.6 is 0 Å². The second kappa shape index (κ2) is 10.7. The molecule has 0 spiro atoms. The Morgan fingerprint density at radius 1 is 1.32 bits per heavy atom. The van der Waals surface area contributed by atoms with Crippen LogP contribution in [0, 0.1) is 17.2 Å². The van der Waals surface area contributed by atoms with Crippen LogP contribution in [0.15, 0.2) is 24.3 Å². The van der Waals surface area contributed by atoms with E-state index in [-0.39, 0.29) is 5.91 Å². The first kappa shape index (κ1) is 19.3. The van der Waals surface area contributed by atoms with Crippen molar-refractivity contribution in [2.24, 2.45) is 5.92 Å². The summed E-state index contributed by atoms with van der Waals surface area (Å²) in [5.41, 5.74) is 1.36. The summed E-state index contributed by atoms with van der Waals surface area (Å²) in [6.45, 7) is 5.58. The molecule has 1 aromatic carbocycles. The van der Waals surface area contributed by atoms with E-state index in [0.29, 0.717) is 26.1 Å². The van der Waals surface area contributed by atoms with Gasteiger partial charge in [-0.1, -0.05) is 12.1 Å². The van der Waals surface area contributed by atoms with E-state index in [0.717, 1.165) is 44.0 Å². The fourth-order valence-electron chi connectivity index (χ4n) is 3.24. The molecule has 0 unspecified atom stereocenters. The van der Waals surface area contributed by atoms with Crippen LogP contribution in [-0.4, -0.2) is 43.6 Å². The van der Waals surface area contributed by atoms with Crippen molar-refractivity contribution in [1.82, 2.24) is 10.2 Å². The van der Waals surface area contributed by atoms with Crippen molar-refractivity contribution in [3.63, 3.8) is 0 Å². The number of piperidine rings is 1. The van der Waals surface area contributed by atoms with Gasteiger partial charge in [0.05, 0.1) is 25.6 Å². The Bertz CT molecular complexity index is 557. The zero-order valence-corrected chi connectivity index (χ0v) is 15.2. The summed E-state index contributed by atoms with van der Waals surface area (Å²) in [5.74, 6) is 1.71. The highest BCUT2D eigenvalue weighted by Crippen LogP contribution is 2.23. The van der Waals surface area contributed by atoms with Gasteiger partial charge < -0.3 is 10.1 Å². The number of ether oxygens (including phenoxy) is 1. The molecule has 1 amide bonds. The minimum atomic E-state index is 0.0306. The summed E-state index contributed by atoms with van der Waals surface area (Å²) in [6, 6.07) is 10.4. The quantitative estimate of drug-likeness (QED) is 0.700. The SMILES string of the molecule is CCOc1ccc(CCC2CCN(CC(=O)NCCC#N)CC2)cc1. The van der Waals surface area contributed by atoms with Crippen molar-refractivity contribution < 1.29 is 9.53 Å². The first-order valence-electron chi connectivity index (χ1n) is 9.29. The fraction of sp³-hybridized carbons (Fsp3) is 0.600. The topological polar surface area (TPSA) is 65.4 Å². The Morgan fingerprint density at radius 3 is 2.68 bits per heavy atom. The highest BCUT2D eigenvalue weighted by Gasteiger charge is 2.20. The zero-order valence-electron chi connectivity index (χ0n) is 15.2. The minimum Gasteiger partial charge on any atom is -0.494 e. The van der Waals surface area contributed by atoms with Gasteiger partial charge in [0.2, 0.25) is 5.91 Å². The maximum absolute atomic E-state index is 11.8. The van der Waals surface area contributed by atoms with Gasteiger partial charge in [-0.3, -0.25) is 9.69 Å². The van der Waals surface area contributed by atoms with E-state index in [1.807, 2.05) is 25.1 Å². The third-order valence-electron chi connectivity index (χ3n) is 4.71. The molecule has 1 saturated heterocycles. The number of carbonyl (C=O) groups excluding carboxylic acids is 1. The molecule has 1 heterocycles. The number of carbonyl (C=O) groups is 1. The number of likely N-dealkylation sites (tertiary alicyclic amines) is 1. The van der Waals surface area contributed by atoms with Gasteiger partial charge in [-0.25, -0.2) is 0 Å². The first-order chi connectivity index (χ1) is 12.2. The van der Waals surface area contributed by atoms with E-state index in [4.69, 9.17) is 10.00 Å². The lowest BCUT2D eigenvalue weighted by atomic mass is 9.90. The van der Waals surface area contributed by atoms with Crippen molar-refractivity contribution >= 4 is 5.91 Å². The van der Waals surface area contributed by atoms with Crippen LogP contribution in [0.1, 0.15) is 38.2 Å². The van der Waals surface area contributed by atoms with Crippen molar-refractivity contribution in [1.29, 1.82) is 5.26 Å². The zero-order chi connectivity index (χ0) is 17.9. The minimum absolute atomic E-state index is 0.0306. The van der Waals surface area contributed by atoms with Crippen molar-refractivity contribution in [2.45, 2.75) is 39.0 Å². The number of rotatable bonds is 9. The van der Waals surface area contributed by atoms with Crippen LogP contribution < -0.4 is 10.1 Å². The summed E-state index contributed by atoms with van der Waals surface area (Å²) in [5, 5.41) is 11.3.